The Bertz CT molecular complexity index is 624. The molecule has 1 amide bonds. The van der Waals surface area contributed by atoms with Crippen molar-refractivity contribution >= 4 is 21.4 Å². The molecule has 0 aromatic heterocycles. The Morgan fingerprint density at radius 3 is 2.25 bits per heavy atom. The number of alkyl halides is 3. The van der Waals surface area contributed by atoms with Crippen molar-refractivity contribution in [3.8, 4) is 0 Å². The van der Waals surface area contributed by atoms with E-state index in [-0.39, 0.29) is 0 Å². The van der Waals surface area contributed by atoms with Crippen LogP contribution < -0.4 is 5.73 Å². The van der Waals surface area contributed by atoms with Crippen LogP contribution in [0.2, 0.25) is 0 Å². The lowest BCUT2D eigenvalue weighted by Gasteiger charge is -2.13. The second-order valence-corrected chi connectivity index (χ2v) is 6.26. The third-order valence-electron chi connectivity index (χ3n) is 2.48. The van der Waals surface area contributed by atoms with Gasteiger partial charge in [-0.25, -0.2) is 8.42 Å². The Labute approximate surface area is 114 Å². The van der Waals surface area contributed by atoms with Crippen molar-refractivity contribution in [2.24, 2.45) is 0 Å². The molecule has 0 spiro atoms. The van der Waals surface area contributed by atoms with Crippen LogP contribution in [0.25, 0.3) is 0 Å². The van der Waals surface area contributed by atoms with E-state index in [1.165, 1.54) is 14.1 Å². The van der Waals surface area contributed by atoms with E-state index in [0.717, 1.165) is 11.0 Å². The molecule has 0 bridgehead atoms. The zero-order valence-electron chi connectivity index (χ0n) is 10.7. The normalized spacial score (nSPS) is 12.2. The molecule has 1 aromatic carbocycles. The molecule has 0 radical (unpaired) electrons. The van der Waals surface area contributed by atoms with Gasteiger partial charge in [-0.1, -0.05) is 0 Å². The highest BCUT2D eigenvalue weighted by Gasteiger charge is 2.32. The second-order valence-electron chi connectivity index (χ2n) is 4.30. The summed E-state index contributed by atoms with van der Waals surface area (Å²) in [6, 6.07) is 1.91. The number of amides is 1. The van der Waals surface area contributed by atoms with Crippen LogP contribution in [-0.2, 0) is 20.8 Å². The van der Waals surface area contributed by atoms with Crippen molar-refractivity contribution in [1.82, 2.24) is 4.90 Å². The van der Waals surface area contributed by atoms with Crippen LogP contribution in [0.3, 0.4) is 0 Å². The molecule has 0 unspecified atom stereocenters. The summed E-state index contributed by atoms with van der Waals surface area (Å²) in [4.78, 5) is 12.0. The number of hydrogen-bond acceptors (Lipinski definition) is 4. The number of benzene rings is 1. The highest BCUT2D eigenvalue weighted by atomic mass is 32.2. The van der Waals surface area contributed by atoms with E-state index in [0.29, 0.717) is 12.1 Å². The third kappa shape index (κ3) is 3.62. The minimum atomic E-state index is -4.62. The number of carbonyl (C=O) groups is 1. The molecule has 0 heterocycles. The molecule has 1 aromatic rings. The first-order valence-electron chi connectivity index (χ1n) is 5.35. The van der Waals surface area contributed by atoms with E-state index in [2.05, 4.69) is 0 Å². The zero-order valence-corrected chi connectivity index (χ0v) is 11.5. The van der Waals surface area contributed by atoms with E-state index in [4.69, 9.17) is 5.73 Å². The first kappa shape index (κ1) is 16.3. The second kappa shape index (κ2) is 5.31. The number of anilines is 1. The van der Waals surface area contributed by atoms with Crippen LogP contribution in [0.1, 0.15) is 5.56 Å². The van der Waals surface area contributed by atoms with Crippen molar-refractivity contribution in [1.29, 1.82) is 0 Å². The molecule has 0 aliphatic heterocycles. The molecule has 1 rings (SSSR count). The lowest BCUT2D eigenvalue weighted by molar-refractivity contribution is -0.137. The highest BCUT2D eigenvalue weighted by Crippen LogP contribution is 2.32. The SMILES string of the molecule is CN(C)C(=O)CS(=O)(=O)c1ccc(C(F)(F)F)cc1N. The predicted octanol–water partition coefficient (Wildman–Crippen LogP) is 1.15. The van der Waals surface area contributed by atoms with Gasteiger partial charge in [0.15, 0.2) is 9.84 Å². The fraction of sp³-hybridized carbons (Fsp3) is 0.364. The maximum absolute atomic E-state index is 12.4. The van der Waals surface area contributed by atoms with Gasteiger partial charge in [0.05, 0.1) is 16.1 Å². The quantitative estimate of drug-likeness (QED) is 0.849. The maximum atomic E-state index is 12.4. The van der Waals surface area contributed by atoms with Crippen LogP contribution in [0.15, 0.2) is 23.1 Å². The van der Waals surface area contributed by atoms with Crippen molar-refractivity contribution < 1.29 is 26.4 Å². The van der Waals surface area contributed by atoms with Crippen molar-refractivity contribution in [2.45, 2.75) is 11.1 Å². The van der Waals surface area contributed by atoms with E-state index in [1.54, 1.807) is 0 Å². The van der Waals surface area contributed by atoms with Crippen LogP contribution in [-0.4, -0.2) is 39.1 Å². The molecule has 0 aliphatic rings. The van der Waals surface area contributed by atoms with Gasteiger partial charge in [0.1, 0.15) is 5.75 Å². The number of carbonyl (C=O) groups excluding carboxylic acids is 1. The van der Waals surface area contributed by atoms with Crippen LogP contribution in [0.4, 0.5) is 18.9 Å². The lowest BCUT2D eigenvalue weighted by atomic mass is 10.2. The van der Waals surface area contributed by atoms with Gasteiger partial charge in [-0.05, 0) is 18.2 Å². The number of halogens is 3. The summed E-state index contributed by atoms with van der Waals surface area (Å²) < 4.78 is 61.2. The van der Waals surface area contributed by atoms with Crippen molar-refractivity contribution in [3.05, 3.63) is 23.8 Å². The van der Waals surface area contributed by atoms with Gasteiger partial charge in [0.2, 0.25) is 5.91 Å². The van der Waals surface area contributed by atoms with Gasteiger partial charge >= 0.3 is 6.18 Å². The maximum Gasteiger partial charge on any atom is 0.416 e. The van der Waals surface area contributed by atoms with E-state index in [1.807, 2.05) is 0 Å². The Hall–Kier alpha value is -1.77. The van der Waals surface area contributed by atoms with Gasteiger partial charge in [0.25, 0.3) is 0 Å². The Morgan fingerprint density at radius 1 is 1.30 bits per heavy atom. The monoisotopic (exact) mass is 310 g/mol. The average molecular weight is 310 g/mol. The first-order valence-corrected chi connectivity index (χ1v) is 7.00. The molecule has 2 N–H and O–H groups in total. The molecule has 112 valence electrons. The molecule has 0 fully saturated rings. The van der Waals surface area contributed by atoms with Crippen LogP contribution in [0, 0.1) is 0 Å². The third-order valence-corrected chi connectivity index (χ3v) is 4.15. The fourth-order valence-corrected chi connectivity index (χ4v) is 2.81. The highest BCUT2D eigenvalue weighted by molar-refractivity contribution is 7.92. The zero-order chi connectivity index (χ0) is 15.7. The molecule has 9 heteroatoms. The first-order chi connectivity index (χ1) is 8.95. The minimum Gasteiger partial charge on any atom is -0.398 e. The molecule has 0 atom stereocenters. The van der Waals surface area contributed by atoms with Crippen molar-refractivity contribution in [3.63, 3.8) is 0 Å². The smallest absolute Gasteiger partial charge is 0.398 e. The number of sulfone groups is 1. The van der Waals surface area contributed by atoms with E-state index < -0.39 is 43.8 Å². The molecule has 5 nitrogen and oxygen atoms in total. The molecule has 0 aliphatic carbocycles. The predicted molar refractivity (Wildman–Crippen MR) is 66.6 cm³/mol. The van der Waals surface area contributed by atoms with Crippen LogP contribution in [0.5, 0.6) is 0 Å². The number of nitrogen functional groups attached to an aromatic ring is 1. The number of hydrogen-bond donors (Lipinski definition) is 1. The van der Waals surface area contributed by atoms with Gasteiger partial charge in [-0.3, -0.25) is 4.79 Å². The van der Waals surface area contributed by atoms with Gasteiger partial charge in [-0.2, -0.15) is 13.2 Å². The summed E-state index contributed by atoms with van der Waals surface area (Å²) in [5.41, 5.74) is 3.77. The van der Waals surface area contributed by atoms with Gasteiger partial charge in [0, 0.05) is 14.1 Å². The lowest BCUT2D eigenvalue weighted by Crippen LogP contribution is -2.29. The molecule has 0 saturated carbocycles. The summed E-state index contributed by atoms with van der Waals surface area (Å²) >= 11 is 0. The molecule has 20 heavy (non-hydrogen) atoms. The summed E-state index contributed by atoms with van der Waals surface area (Å²) in [5.74, 6) is -1.54. The van der Waals surface area contributed by atoms with E-state index >= 15 is 0 Å². The summed E-state index contributed by atoms with van der Waals surface area (Å²) in [6.45, 7) is 0. The largest absolute Gasteiger partial charge is 0.416 e. The summed E-state index contributed by atoms with van der Waals surface area (Å²) in [6.07, 6.45) is -4.62. The summed E-state index contributed by atoms with van der Waals surface area (Å²) in [5, 5.41) is 0. The molecular weight excluding hydrogens is 297 g/mol. The fourth-order valence-electron chi connectivity index (χ4n) is 1.38. The number of nitrogens with two attached hydrogens (primary N) is 1. The standard InChI is InChI=1S/C11H13F3N2O3S/c1-16(2)10(17)6-20(18,19)9-4-3-7(5-8(9)15)11(12,13)14/h3-5H,6,15H2,1-2H3. The number of rotatable bonds is 3. The van der Waals surface area contributed by atoms with Gasteiger partial charge in [-0.15, -0.1) is 0 Å². The number of nitrogens with zero attached hydrogens (tertiary/aromatic N) is 1. The minimum absolute atomic E-state index is 0.485. The Morgan fingerprint density at radius 2 is 1.85 bits per heavy atom. The van der Waals surface area contributed by atoms with Crippen LogP contribution >= 0.6 is 0 Å². The molecule has 0 saturated heterocycles. The summed E-state index contributed by atoms with van der Waals surface area (Å²) in [7, 11) is -1.34. The van der Waals surface area contributed by atoms with Gasteiger partial charge < -0.3 is 10.6 Å². The van der Waals surface area contributed by atoms with Crippen molar-refractivity contribution in [2.75, 3.05) is 25.6 Å². The average Bonchev–Trinajstić information content (AvgIpc) is 2.26. The molecular formula is C11H13F3N2O3S. The Balaban J connectivity index is 3.18. The Kier molecular flexibility index (Phi) is 4.33. The topological polar surface area (TPSA) is 80.5 Å². The van der Waals surface area contributed by atoms with E-state index in [9.17, 15) is 26.4 Å².